The second-order valence-electron chi connectivity index (χ2n) is 18.0. The molecule has 3 aromatic rings. The van der Waals surface area contributed by atoms with Crippen LogP contribution in [0.2, 0.25) is 12.9 Å². The molecule has 3 aliphatic rings. The van der Waals surface area contributed by atoms with Crippen LogP contribution in [0.5, 0.6) is 0 Å². The van der Waals surface area contributed by atoms with Crippen LogP contribution in [0.15, 0.2) is 85.0 Å². The first kappa shape index (κ1) is 32.8. The van der Waals surface area contributed by atoms with Gasteiger partial charge in [0.05, 0.1) is 0 Å². The first-order chi connectivity index (χ1) is 21.1. The van der Waals surface area contributed by atoms with Crippen molar-refractivity contribution in [2.75, 3.05) is 0 Å². The predicted octanol–water partition coefficient (Wildman–Crippen LogP) is 13.0. The molecule has 0 radical (unpaired) electrons. The van der Waals surface area contributed by atoms with Gasteiger partial charge >= 0.3 is 278 Å². The van der Waals surface area contributed by atoms with Crippen molar-refractivity contribution < 1.29 is 18.3 Å². The fourth-order valence-corrected chi connectivity index (χ4v) is 27.9. The third-order valence-electron chi connectivity index (χ3n) is 12.2. The van der Waals surface area contributed by atoms with Gasteiger partial charge in [0.1, 0.15) is 0 Å². The van der Waals surface area contributed by atoms with Gasteiger partial charge in [-0.05, 0) is 0 Å². The number of fused-ring (bicyclic) bond motifs is 3. The van der Waals surface area contributed by atoms with Gasteiger partial charge in [-0.15, -0.1) is 0 Å². The van der Waals surface area contributed by atoms with Crippen LogP contribution in [0.3, 0.4) is 0 Å². The van der Waals surface area contributed by atoms with Crippen LogP contribution in [0.25, 0.3) is 11.1 Å². The first-order valence-electron chi connectivity index (χ1n) is 17.9. The molecule has 0 nitrogen and oxygen atoms in total. The molecule has 0 saturated heterocycles. The van der Waals surface area contributed by atoms with Crippen molar-refractivity contribution in [3.8, 4) is 11.1 Å². The normalized spacial score (nSPS) is 18.1. The summed E-state index contributed by atoms with van der Waals surface area (Å²) in [4.78, 5) is 0. The summed E-state index contributed by atoms with van der Waals surface area (Å²) in [6.45, 7) is 18.9. The van der Waals surface area contributed by atoms with Crippen molar-refractivity contribution in [3.63, 3.8) is 0 Å². The summed E-state index contributed by atoms with van der Waals surface area (Å²) in [6, 6.07) is 25.1. The monoisotopic (exact) mass is 676 g/mol. The van der Waals surface area contributed by atoms with E-state index < -0.39 is 18.3 Å². The van der Waals surface area contributed by atoms with Crippen LogP contribution < -0.4 is 0 Å². The van der Waals surface area contributed by atoms with Crippen molar-refractivity contribution in [2.45, 2.75) is 121 Å². The second kappa shape index (κ2) is 11.5. The molecule has 3 aliphatic carbocycles. The number of allylic oxidation sites excluding steroid dienone is 4. The van der Waals surface area contributed by atoms with Gasteiger partial charge in [0.2, 0.25) is 0 Å². The summed E-state index contributed by atoms with van der Waals surface area (Å²) in [5.74, 6) is 1.21. The number of rotatable bonds is 5. The molecule has 45 heavy (non-hydrogen) atoms. The molecule has 1 fully saturated rings. The van der Waals surface area contributed by atoms with Crippen LogP contribution in [-0.4, -0.2) is 3.21 Å². The summed E-state index contributed by atoms with van der Waals surface area (Å²) in [5, 5.41) is 0. The average molecular weight is 678 g/mol. The molecule has 0 heterocycles. The Hall–Kier alpha value is -2.11. The van der Waals surface area contributed by atoms with E-state index in [1.165, 1.54) is 59.9 Å². The summed E-state index contributed by atoms with van der Waals surface area (Å²) in [7, 11) is 0. The fourth-order valence-electron chi connectivity index (χ4n) is 9.48. The summed E-state index contributed by atoms with van der Waals surface area (Å²) in [5.41, 5.74) is 12.3. The van der Waals surface area contributed by atoms with E-state index in [0.717, 1.165) is 0 Å². The van der Waals surface area contributed by atoms with Gasteiger partial charge in [0.25, 0.3) is 0 Å². The van der Waals surface area contributed by atoms with Gasteiger partial charge in [-0.3, -0.25) is 0 Å². The Morgan fingerprint density at radius 3 is 1.60 bits per heavy atom. The van der Waals surface area contributed by atoms with Gasteiger partial charge in [0, 0.05) is 0 Å². The number of benzene rings is 3. The zero-order valence-electron chi connectivity index (χ0n) is 29.9. The first-order valence-corrected chi connectivity index (χ1v) is 26.9. The van der Waals surface area contributed by atoms with Gasteiger partial charge in [-0.1, -0.05) is 0 Å². The quantitative estimate of drug-likeness (QED) is 0.252. The molecule has 0 aliphatic heterocycles. The average Bonchev–Trinajstić information content (AvgIpc) is 3.65. The minimum absolute atomic E-state index is 0.105. The van der Waals surface area contributed by atoms with Crippen LogP contribution in [0.4, 0.5) is 0 Å². The molecular weight excluding hydrogens is 620 g/mol. The van der Waals surface area contributed by atoms with E-state index in [2.05, 4.69) is 150 Å². The molecule has 0 atom stereocenters. The van der Waals surface area contributed by atoms with E-state index in [-0.39, 0.29) is 10.8 Å². The van der Waals surface area contributed by atoms with Crippen molar-refractivity contribution in [1.82, 2.24) is 0 Å². The Labute approximate surface area is 276 Å². The van der Waals surface area contributed by atoms with Gasteiger partial charge in [-0.2, -0.15) is 0 Å². The maximum atomic E-state index is 2.88. The standard InChI is InChI=1S/C21H25.C16H22.C5H5.2CH3.Zr/c1-20(2,3)16-7-9-18-14(12-16)11-15-13-17(21(4,5)6)8-10-19(15)18;1-13(2)16-10-8-15(9-11-16)12-14-6-4-3-5-7-14;1-2-4-5-3-1;;;/h7-13H,1-6H3;8-11,13-14H,3-7H2,1-2H3;1-5H;2*1H3;. The zero-order valence-corrected chi connectivity index (χ0v) is 32.4. The maximum absolute atomic E-state index is 4.18. The fraction of sp³-hybridized carbons (Fsp3) is 0.477. The van der Waals surface area contributed by atoms with Crippen LogP contribution in [-0.2, 0) is 29.1 Å². The van der Waals surface area contributed by atoms with Gasteiger partial charge < -0.3 is 0 Å². The molecule has 3 aromatic carbocycles. The molecule has 6 rings (SSSR count). The Morgan fingerprint density at radius 2 is 1.16 bits per heavy atom. The van der Waals surface area contributed by atoms with Gasteiger partial charge in [-0.25, -0.2) is 0 Å². The van der Waals surface area contributed by atoms with E-state index in [1.54, 1.807) is 16.7 Å². The molecule has 0 amide bonds. The second-order valence-corrected chi connectivity index (χ2v) is 35.2. The van der Waals surface area contributed by atoms with Crippen molar-refractivity contribution in [1.29, 1.82) is 0 Å². The molecule has 1 heteroatoms. The molecule has 1 saturated carbocycles. The van der Waals surface area contributed by atoms with Crippen molar-refractivity contribution in [2.24, 2.45) is 5.92 Å². The molecule has 238 valence electrons. The predicted molar refractivity (Wildman–Crippen MR) is 196 cm³/mol. The van der Waals surface area contributed by atoms with Crippen LogP contribution in [0.1, 0.15) is 130 Å². The van der Waals surface area contributed by atoms with E-state index >= 15 is 0 Å². The molecule has 0 aromatic heterocycles. The van der Waals surface area contributed by atoms with E-state index in [4.69, 9.17) is 0 Å². The molecule has 0 bridgehead atoms. The summed E-state index contributed by atoms with van der Waals surface area (Å²) in [6.07, 6.45) is 16.7. The van der Waals surface area contributed by atoms with Gasteiger partial charge in [0.15, 0.2) is 0 Å². The Bertz CT molecular complexity index is 1640. The van der Waals surface area contributed by atoms with Crippen LogP contribution in [0, 0.1) is 5.92 Å². The van der Waals surface area contributed by atoms with E-state index in [1.807, 2.05) is 3.21 Å². The molecule has 0 spiro atoms. The SMILES string of the molecule is CC(C)c1ccc([C](C2CCCCC2)=[Zr]([CH3])([CH3])([CH]2C=CC=C2)[CH]2c3cc(C(C)(C)C)ccc3-c3ccc(C(C)(C)C)cc32)cc1. The zero-order chi connectivity index (χ0) is 32.4. The number of hydrogen-bond donors (Lipinski definition) is 0. The topological polar surface area (TPSA) is 0 Å². The van der Waals surface area contributed by atoms with Crippen molar-refractivity contribution >= 4 is 3.21 Å². The van der Waals surface area contributed by atoms with E-state index in [0.29, 0.717) is 19.1 Å². The number of hydrogen-bond acceptors (Lipinski definition) is 0. The Balaban J connectivity index is 1.78. The Kier molecular flexibility index (Phi) is 8.42. The third-order valence-corrected chi connectivity index (χ3v) is 29.9. The molecule has 0 unspecified atom stereocenters. The van der Waals surface area contributed by atoms with Crippen molar-refractivity contribution in [3.05, 3.63) is 118 Å². The molecule has 0 N–H and O–H groups in total. The Morgan fingerprint density at radius 1 is 0.667 bits per heavy atom. The van der Waals surface area contributed by atoms with Crippen LogP contribution >= 0.6 is 0 Å². The third kappa shape index (κ3) is 5.62. The summed E-state index contributed by atoms with van der Waals surface area (Å²) < 4.78 is 8.57. The molecular formula is C44H58Zr. The minimum atomic E-state index is -4.18. The summed E-state index contributed by atoms with van der Waals surface area (Å²) >= 11 is -4.18. The van der Waals surface area contributed by atoms with E-state index in [9.17, 15) is 0 Å².